The first-order valence-corrected chi connectivity index (χ1v) is 4.40. The van der Waals surface area contributed by atoms with Crippen LogP contribution in [0.15, 0.2) is 42.2 Å². The molecule has 0 radical (unpaired) electrons. The van der Waals surface area contributed by atoms with Gasteiger partial charge in [-0.1, -0.05) is 30.3 Å². The highest BCUT2D eigenvalue weighted by Gasteiger charge is 2.00. The Kier molecular flexibility index (Phi) is 4.08. The molecule has 84 valence electrons. The first-order chi connectivity index (χ1) is 7.59. The molecular formula is C11H8O5-2. The fourth-order valence-corrected chi connectivity index (χ4v) is 1.00. The molecule has 0 bridgehead atoms. The number of benzene rings is 1. The fraction of sp³-hybridized carbons (Fsp3) is 0.0909. The molecule has 0 amide bonds. The van der Waals surface area contributed by atoms with E-state index in [1.165, 1.54) is 0 Å². The largest absolute Gasteiger partial charge is 0.545 e. The van der Waals surface area contributed by atoms with Crippen LogP contribution in [-0.2, 0) is 20.9 Å². The lowest BCUT2D eigenvalue weighted by molar-refractivity contribution is -0.306. The lowest BCUT2D eigenvalue weighted by Gasteiger charge is -2.11. The molecule has 0 spiro atoms. The van der Waals surface area contributed by atoms with Gasteiger partial charge >= 0.3 is 0 Å². The third-order valence-corrected chi connectivity index (χ3v) is 1.69. The molecule has 0 saturated carbocycles. The summed E-state index contributed by atoms with van der Waals surface area (Å²) in [4.78, 5) is 20.6. The molecule has 0 N–H and O–H groups in total. The normalized spacial score (nSPS) is 10.9. The van der Waals surface area contributed by atoms with Crippen molar-refractivity contribution in [2.45, 2.75) is 6.61 Å². The summed E-state index contributed by atoms with van der Waals surface area (Å²) >= 11 is 0. The molecule has 0 heterocycles. The minimum Gasteiger partial charge on any atom is -0.545 e. The van der Waals surface area contributed by atoms with Crippen LogP contribution in [0.3, 0.4) is 0 Å². The van der Waals surface area contributed by atoms with Crippen LogP contribution in [0.2, 0.25) is 0 Å². The molecule has 1 aromatic rings. The van der Waals surface area contributed by atoms with Gasteiger partial charge in [-0.15, -0.1) is 0 Å². The number of aliphatic carboxylic acids is 2. The van der Waals surface area contributed by atoms with Gasteiger partial charge in [0.25, 0.3) is 0 Å². The van der Waals surface area contributed by atoms with Crippen LogP contribution >= 0.6 is 0 Å². The van der Waals surface area contributed by atoms with Gasteiger partial charge in [-0.3, -0.25) is 0 Å². The Labute approximate surface area is 91.6 Å². The first kappa shape index (κ1) is 11.8. The summed E-state index contributed by atoms with van der Waals surface area (Å²) in [6, 6.07) is 8.72. The third kappa shape index (κ3) is 3.83. The van der Waals surface area contributed by atoms with E-state index in [1.807, 2.05) is 0 Å². The van der Waals surface area contributed by atoms with Crippen molar-refractivity contribution in [2.24, 2.45) is 0 Å². The summed E-state index contributed by atoms with van der Waals surface area (Å²) in [5.41, 5.74) is 0.716. The van der Waals surface area contributed by atoms with Crippen LogP contribution in [-0.4, -0.2) is 11.9 Å². The van der Waals surface area contributed by atoms with Crippen LogP contribution in [0.5, 0.6) is 0 Å². The topological polar surface area (TPSA) is 89.5 Å². The molecule has 0 atom stereocenters. The Morgan fingerprint density at radius 2 is 1.81 bits per heavy atom. The molecule has 1 rings (SSSR count). The lowest BCUT2D eigenvalue weighted by Crippen LogP contribution is -2.29. The van der Waals surface area contributed by atoms with Crippen molar-refractivity contribution in [3.05, 3.63) is 47.7 Å². The van der Waals surface area contributed by atoms with Crippen molar-refractivity contribution in [3.63, 3.8) is 0 Å². The molecule has 0 unspecified atom stereocenters. The smallest absolute Gasteiger partial charge is 0.144 e. The first-order valence-electron chi connectivity index (χ1n) is 4.40. The monoisotopic (exact) mass is 220 g/mol. The highest BCUT2D eigenvalue weighted by atomic mass is 16.5. The van der Waals surface area contributed by atoms with Crippen molar-refractivity contribution < 1.29 is 24.5 Å². The Morgan fingerprint density at radius 3 is 2.31 bits per heavy atom. The van der Waals surface area contributed by atoms with Gasteiger partial charge in [0.05, 0.1) is 5.97 Å². The number of carboxylic acids is 2. The number of carboxylic acid groups (broad SMARTS) is 2. The summed E-state index contributed by atoms with van der Waals surface area (Å²) in [5.74, 6) is -4.10. The summed E-state index contributed by atoms with van der Waals surface area (Å²) in [6.07, 6.45) is 0.346. The van der Waals surface area contributed by atoms with Crippen molar-refractivity contribution in [2.75, 3.05) is 0 Å². The van der Waals surface area contributed by atoms with Crippen molar-refractivity contribution >= 4 is 11.9 Å². The highest BCUT2D eigenvalue weighted by molar-refractivity contribution is 5.91. The van der Waals surface area contributed by atoms with Gasteiger partial charge in [-0.2, -0.15) is 0 Å². The Balaban J connectivity index is 2.65. The molecule has 0 fully saturated rings. The molecule has 0 aliphatic heterocycles. The summed E-state index contributed by atoms with van der Waals surface area (Å²) < 4.78 is 4.78. The van der Waals surface area contributed by atoms with Crippen LogP contribution in [0.4, 0.5) is 0 Å². The average molecular weight is 220 g/mol. The molecule has 0 saturated heterocycles. The fourth-order valence-electron chi connectivity index (χ4n) is 1.00. The van der Waals surface area contributed by atoms with Crippen LogP contribution in [0, 0.1) is 0 Å². The number of carbonyl (C=O) groups is 2. The molecule has 1 aromatic carbocycles. The molecule has 0 aliphatic rings. The van der Waals surface area contributed by atoms with Crippen LogP contribution < -0.4 is 10.2 Å². The second-order valence-electron chi connectivity index (χ2n) is 2.89. The zero-order valence-corrected chi connectivity index (χ0v) is 8.21. The van der Waals surface area contributed by atoms with E-state index in [2.05, 4.69) is 0 Å². The van der Waals surface area contributed by atoms with E-state index in [4.69, 9.17) is 4.74 Å². The van der Waals surface area contributed by atoms with E-state index in [0.717, 1.165) is 0 Å². The van der Waals surface area contributed by atoms with Gasteiger partial charge in [-0.05, 0) is 5.56 Å². The number of carbonyl (C=O) groups excluding carboxylic acids is 2. The van der Waals surface area contributed by atoms with Crippen LogP contribution in [0.25, 0.3) is 0 Å². The van der Waals surface area contributed by atoms with E-state index >= 15 is 0 Å². The molecule has 16 heavy (non-hydrogen) atoms. The van der Waals surface area contributed by atoms with Gasteiger partial charge in [0.1, 0.15) is 18.3 Å². The van der Waals surface area contributed by atoms with Gasteiger partial charge in [0, 0.05) is 6.08 Å². The van der Waals surface area contributed by atoms with Crippen molar-refractivity contribution in [1.82, 2.24) is 0 Å². The highest BCUT2D eigenvalue weighted by Crippen LogP contribution is 2.05. The van der Waals surface area contributed by atoms with Crippen LogP contribution in [0.1, 0.15) is 5.56 Å². The van der Waals surface area contributed by atoms with E-state index in [9.17, 15) is 19.8 Å². The summed E-state index contributed by atoms with van der Waals surface area (Å²) in [5, 5.41) is 20.6. The number of hydrogen-bond acceptors (Lipinski definition) is 5. The molecular weight excluding hydrogens is 212 g/mol. The Bertz CT molecular complexity index is 408. The lowest BCUT2D eigenvalue weighted by atomic mass is 10.2. The number of ether oxygens (including phenoxy) is 1. The minimum absolute atomic E-state index is 0.0477. The van der Waals surface area contributed by atoms with Gasteiger partial charge < -0.3 is 24.5 Å². The van der Waals surface area contributed by atoms with Crippen molar-refractivity contribution in [3.8, 4) is 0 Å². The average Bonchev–Trinajstić information content (AvgIpc) is 2.25. The maximum atomic E-state index is 10.5. The zero-order chi connectivity index (χ0) is 12.0. The predicted molar refractivity (Wildman–Crippen MR) is 49.3 cm³/mol. The maximum Gasteiger partial charge on any atom is 0.144 e. The quantitative estimate of drug-likeness (QED) is 0.449. The van der Waals surface area contributed by atoms with Gasteiger partial charge in [0.2, 0.25) is 0 Å². The minimum atomic E-state index is -1.69. The SMILES string of the molecule is O=C([O-])/C=C(\OCc1ccccc1)C(=O)[O-]. The molecule has 0 aromatic heterocycles. The Morgan fingerprint density at radius 1 is 1.19 bits per heavy atom. The second-order valence-corrected chi connectivity index (χ2v) is 2.89. The van der Waals surface area contributed by atoms with E-state index < -0.39 is 17.7 Å². The summed E-state index contributed by atoms with van der Waals surface area (Å²) in [7, 11) is 0. The molecule has 5 nitrogen and oxygen atoms in total. The molecule has 5 heteroatoms. The Hall–Kier alpha value is -2.30. The van der Waals surface area contributed by atoms with Gasteiger partial charge in [-0.25, -0.2) is 0 Å². The van der Waals surface area contributed by atoms with E-state index in [-0.39, 0.29) is 6.61 Å². The van der Waals surface area contributed by atoms with Crippen molar-refractivity contribution in [1.29, 1.82) is 0 Å². The van der Waals surface area contributed by atoms with E-state index in [0.29, 0.717) is 11.6 Å². The number of rotatable bonds is 5. The zero-order valence-electron chi connectivity index (χ0n) is 8.21. The van der Waals surface area contributed by atoms with E-state index in [1.54, 1.807) is 30.3 Å². The predicted octanol–water partition coefficient (Wildman–Crippen LogP) is -1.41. The molecule has 0 aliphatic carbocycles. The number of hydrogen-bond donors (Lipinski definition) is 0. The second kappa shape index (κ2) is 5.55. The maximum absolute atomic E-state index is 10.5. The summed E-state index contributed by atoms with van der Waals surface area (Å²) in [6.45, 7) is -0.0477. The third-order valence-electron chi connectivity index (χ3n) is 1.69. The standard InChI is InChI=1S/C11H10O5/c12-10(13)6-9(11(14)15)16-7-8-4-2-1-3-5-8/h1-6H,7H2,(H,12,13)(H,14,15)/p-2/b9-6-. The van der Waals surface area contributed by atoms with Gasteiger partial charge in [0.15, 0.2) is 0 Å².